The second-order valence-electron chi connectivity index (χ2n) is 4.79. The minimum atomic E-state index is 0.0850. The number of methoxy groups -OCH3 is 1. The second-order valence-corrected chi connectivity index (χ2v) is 5.19. The molecule has 0 aliphatic heterocycles. The maximum Gasteiger partial charge on any atom is 0.216 e. The molecule has 21 heavy (non-hydrogen) atoms. The van der Waals surface area contributed by atoms with Crippen LogP contribution in [0, 0.1) is 0 Å². The Kier molecular flexibility index (Phi) is 5.96. The molecule has 4 nitrogen and oxygen atoms in total. The number of halogens is 1. The zero-order valence-corrected chi connectivity index (χ0v) is 13.1. The Bertz CT molecular complexity index is 577. The fourth-order valence-electron chi connectivity index (χ4n) is 2.14. The van der Waals surface area contributed by atoms with Crippen molar-refractivity contribution in [2.45, 2.75) is 25.8 Å². The number of benzene rings is 1. The number of ether oxygens (including phenoxy) is 1. The molecule has 0 spiro atoms. The lowest BCUT2D eigenvalue weighted by atomic mass is 10.0. The highest BCUT2D eigenvalue weighted by molar-refractivity contribution is 6.31. The molecule has 1 N–H and O–H groups in total. The van der Waals surface area contributed by atoms with Crippen LogP contribution in [-0.2, 0) is 6.42 Å². The van der Waals surface area contributed by atoms with E-state index in [0.29, 0.717) is 5.88 Å². The van der Waals surface area contributed by atoms with E-state index >= 15 is 0 Å². The summed E-state index contributed by atoms with van der Waals surface area (Å²) in [5, 5.41) is 4.29. The molecule has 1 unspecified atom stereocenters. The van der Waals surface area contributed by atoms with Crippen LogP contribution in [0.5, 0.6) is 5.88 Å². The van der Waals surface area contributed by atoms with Crippen molar-refractivity contribution >= 4 is 11.6 Å². The molecule has 0 amide bonds. The van der Waals surface area contributed by atoms with Crippen molar-refractivity contribution in [3.05, 3.63) is 52.9 Å². The molecule has 0 aliphatic carbocycles. The van der Waals surface area contributed by atoms with Crippen LogP contribution in [0.25, 0.3) is 0 Å². The van der Waals surface area contributed by atoms with Gasteiger partial charge in [-0.1, -0.05) is 36.7 Å². The second kappa shape index (κ2) is 7.96. The van der Waals surface area contributed by atoms with Crippen molar-refractivity contribution in [2.75, 3.05) is 13.7 Å². The van der Waals surface area contributed by atoms with E-state index in [1.54, 1.807) is 7.11 Å². The molecule has 0 bridgehead atoms. The van der Waals surface area contributed by atoms with Gasteiger partial charge in [-0.05, 0) is 31.0 Å². The lowest BCUT2D eigenvalue weighted by Gasteiger charge is -2.19. The van der Waals surface area contributed by atoms with Crippen molar-refractivity contribution in [3.63, 3.8) is 0 Å². The van der Waals surface area contributed by atoms with Crippen molar-refractivity contribution in [2.24, 2.45) is 0 Å². The number of nitrogens with zero attached hydrogens (tertiary/aromatic N) is 2. The van der Waals surface area contributed by atoms with E-state index in [4.69, 9.17) is 16.3 Å². The van der Waals surface area contributed by atoms with Crippen LogP contribution in [0.2, 0.25) is 5.02 Å². The third-order valence-electron chi connectivity index (χ3n) is 3.25. The molecule has 5 heteroatoms. The zero-order valence-electron chi connectivity index (χ0n) is 12.3. The van der Waals surface area contributed by atoms with Crippen LogP contribution in [0.4, 0.5) is 0 Å². The highest BCUT2D eigenvalue weighted by atomic mass is 35.5. The SMILES string of the molecule is CCCNC(Cc1ccccc1Cl)c1cc(OC)ncn1. The molecule has 1 aromatic heterocycles. The highest BCUT2D eigenvalue weighted by Crippen LogP contribution is 2.23. The first kappa shape index (κ1) is 15.7. The summed E-state index contributed by atoms with van der Waals surface area (Å²) < 4.78 is 5.18. The van der Waals surface area contributed by atoms with Crippen molar-refractivity contribution in [1.29, 1.82) is 0 Å². The first-order valence-electron chi connectivity index (χ1n) is 7.07. The van der Waals surface area contributed by atoms with Crippen LogP contribution in [0.3, 0.4) is 0 Å². The van der Waals surface area contributed by atoms with E-state index in [9.17, 15) is 0 Å². The monoisotopic (exact) mass is 305 g/mol. The summed E-state index contributed by atoms with van der Waals surface area (Å²) in [7, 11) is 1.61. The largest absolute Gasteiger partial charge is 0.481 e. The lowest BCUT2D eigenvalue weighted by Crippen LogP contribution is -2.25. The van der Waals surface area contributed by atoms with E-state index in [1.165, 1.54) is 6.33 Å². The van der Waals surface area contributed by atoms with Gasteiger partial charge in [0.2, 0.25) is 5.88 Å². The molecule has 0 saturated heterocycles. The molecule has 0 aliphatic rings. The molecule has 0 fully saturated rings. The normalized spacial score (nSPS) is 12.1. The molecular formula is C16H20ClN3O. The predicted molar refractivity (Wildman–Crippen MR) is 84.8 cm³/mol. The molecule has 112 valence electrons. The minimum absolute atomic E-state index is 0.0850. The summed E-state index contributed by atoms with van der Waals surface area (Å²) in [5.41, 5.74) is 2.01. The highest BCUT2D eigenvalue weighted by Gasteiger charge is 2.15. The summed E-state index contributed by atoms with van der Waals surface area (Å²) in [6, 6.07) is 9.84. The number of aromatic nitrogens is 2. The average Bonchev–Trinajstić information content (AvgIpc) is 2.53. The van der Waals surface area contributed by atoms with Gasteiger partial charge >= 0.3 is 0 Å². The van der Waals surface area contributed by atoms with Gasteiger partial charge in [-0.25, -0.2) is 9.97 Å². The summed E-state index contributed by atoms with van der Waals surface area (Å²) in [5.74, 6) is 0.572. The van der Waals surface area contributed by atoms with Crippen molar-refractivity contribution in [3.8, 4) is 5.88 Å². The van der Waals surface area contributed by atoms with Crippen LogP contribution in [0.1, 0.15) is 30.6 Å². The Hall–Kier alpha value is -1.65. The Morgan fingerprint density at radius 1 is 1.29 bits per heavy atom. The van der Waals surface area contributed by atoms with Gasteiger partial charge in [0.25, 0.3) is 0 Å². The van der Waals surface area contributed by atoms with Crippen molar-refractivity contribution in [1.82, 2.24) is 15.3 Å². The van der Waals surface area contributed by atoms with Crippen molar-refractivity contribution < 1.29 is 4.74 Å². The maximum absolute atomic E-state index is 6.26. The first-order chi connectivity index (χ1) is 10.2. The van der Waals surface area contributed by atoms with E-state index in [0.717, 1.165) is 35.7 Å². The van der Waals surface area contributed by atoms with Gasteiger partial charge in [0.1, 0.15) is 6.33 Å². The van der Waals surface area contributed by atoms with E-state index in [-0.39, 0.29) is 6.04 Å². The maximum atomic E-state index is 6.26. The number of hydrogen-bond donors (Lipinski definition) is 1. The Labute approximate surface area is 130 Å². The third-order valence-corrected chi connectivity index (χ3v) is 3.62. The summed E-state index contributed by atoms with van der Waals surface area (Å²) in [6.07, 6.45) is 3.36. The van der Waals surface area contributed by atoms with Crippen LogP contribution in [0.15, 0.2) is 36.7 Å². The van der Waals surface area contributed by atoms with Gasteiger partial charge in [-0.3, -0.25) is 0 Å². The predicted octanol–water partition coefficient (Wildman–Crippen LogP) is 3.42. The lowest BCUT2D eigenvalue weighted by molar-refractivity contribution is 0.393. The van der Waals surface area contributed by atoms with E-state index in [1.807, 2.05) is 30.3 Å². The Morgan fingerprint density at radius 2 is 2.10 bits per heavy atom. The van der Waals surface area contributed by atoms with Crippen LogP contribution < -0.4 is 10.1 Å². The summed E-state index contributed by atoms with van der Waals surface area (Å²) in [6.45, 7) is 3.06. The topological polar surface area (TPSA) is 47.0 Å². The fourth-order valence-corrected chi connectivity index (χ4v) is 2.35. The van der Waals surface area contributed by atoms with Gasteiger partial charge < -0.3 is 10.1 Å². The molecule has 0 radical (unpaired) electrons. The zero-order chi connectivity index (χ0) is 15.1. The molecule has 2 rings (SSSR count). The number of rotatable bonds is 7. The quantitative estimate of drug-likeness (QED) is 0.851. The Morgan fingerprint density at radius 3 is 2.81 bits per heavy atom. The van der Waals surface area contributed by atoms with Gasteiger partial charge in [-0.2, -0.15) is 0 Å². The molecule has 2 aromatic rings. The van der Waals surface area contributed by atoms with Gasteiger partial charge in [-0.15, -0.1) is 0 Å². The fraction of sp³-hybridized carbons (Fsp3) is 0.375. The van der Waals surface area contributed by atoms with Crippen LogP contribution >= 0.6 is 11.6 Å². The summed E-state index contributed by atoms with van der Waals surface area (Å²) >= 11 is 6.26. The summed E-state index contributed by atoms with van der Waals surface area (Å²) in [4.78, 5) is 8.43. The van der Waals surface area contributed by atoms with E-state index in [2.05, 4.69) is 22.2 Å². The average molecular weight is 306 g/mol. The third kappa shape index (κ3) is 4.41. The van der Waals surface area contributed by atoms with Gasteiger partial charge in [0.05, 0.1) is 18.8 Å². The molecule has 1 aromatic carbocycles. The molecule has 0 saturated carbocycles. The number of hydrogen-bond acceptors (Lipinski definition) is 4. The first-order valence-corrected chi connectivity index (χ1v) is 7.45. The number of nitrogens with one attached hydrogen (secondary N) is 1. The van der Waals surface area contributed by atoms with Gasteiger partial charge in [0.15, 0.2) is 0 Å². The van der Waals surface area contributed by atoms with Gasteiger partial charge in [0, 0.05) is 11.1 Å². The smallest absolute Gasteiger partial charge is 0.216 e. The van der Waals surface area contributed by atoms with Crippen LogP contribution in [-0.4, -0.2) is 23.6 Å². The van der Waals surface area contributed by atoms with E-state index < -0.39 is 0 Å². The molecule has 1 atom stereocenters. The Balaban J connectivity index is 2.23. The molecular weight excluding hydrogens is 286 g/mol. The molecule has 1 heterocycles. The minimum Gasteiger partial charge on any atom is -0.481 e. The standard InChI is InChI=1S/C16H20ClN3O/c1-3-8-18-14(9-12-6-4-5-7-13(12)17)15-10-16(21-2)20-11-19-15/h4-7,10-11,14,18H,3,8-9H2,1-2H3.